The molecule has 11 heteroatoms. The average molecular weight is 352 g/mol. The first-order valence-electron chi connectivity index (χ1n) is 6.77. The number of alkyl halides is 3. The van der Waals surface area contributed by atoms with Gasteiger partial charge in [0.05, 0.1) is 18.4 Å². The summed E-state index contributed by atoms with van der Waals surface area (Å²) in [5, 5.41) is 3.82. The molecule has 0 atom stereocenters. The number of rotatable bonds is 3. The molecule has 0 saturated carbocycles. The lowest BCUT2D eigenvalue weighted by Crippen LogP contribution is -2.13. The molecule has 0 aliphatic rings. The van der Waals surface area contributed by atoms with Crippen LogP contribution in [0.5, 0.6) is 5.88 Å². The molecule has 0 bridgehead atoms. The highest BCUT2D eigenvalue weighted by atomic mass is 19.4. The van der Waals surface area contributed by atoms with Crippen molar-refractivity contribution < 1.29 is 22.7 Å². The fraction of sp³-hybridized carbons (Fsp3) is 0.143. The van der Waals surface area contributed by atoms with Crippen LogP contribution in [-0.4, -0.2) is 32.6 Å². The molecule has 0 aromatic carbocycles. The molecule has 1 amide bonds. The number of fused-ring (bicyclic) bond motifs is 1. The van der Waals surface area contributed by atoms with Crippen LogP contribution in [0.3, 0.4) is 0 Å². The van der Waals surface area contributed by atoms with Gasteiger partial charge in [-0.05, 0) is 12.1 Å². The van der Waals surface area contributed by atoms with E-state index in [2.05, 4.69) is 15.1 Å². The van der Waals surface area contributed by atoms with Gasteiger partial charge in [-0.1, -0.05) is 0 Å². The Morgan fingerprint density at radius 2 is 2.00 bits per heavy atom. The number of aromatic nitrogens is 4. The molecule has 3 aromatic rings. The molecule has 0 saturated heterocycles. The highest BCUT2D eigenvalue weighted by molar-refractivity contribution is 5.96. The summed E-state index contributed by atoms with van der Waals surface area (Å²) in [7, 11) is 1.29. The minimum Gasteiger partial charge on any atom is -0.480 e. The number of hydrogen-bond acceptors (Lipinski definition) is 6. The minimum atomic E-state index is -4.67. The van der Waals surface area contributed by atoms with Crippen molar-refractivity contribution in [2.75, 3.05) is 12.8 Å². The summed E-state index contributed by atoms with van der Waals surface area (Å²) < 4.78 is 45.9. The molecule has 0 radical (unpaired) electrons. The molecule has 25 heavy (non-hydrogen) atoms. The number of methoxy groups -OCH3 is 1. The molecular weight excluding hydrogens is 341 g/mol. The maximum absolute atomic E-state index is 13.3. The molecule has 3 heterocycles. The minimum absolute atomic E-state index is 0.0223. The van der Waals surface area contributed by atoms with Gasteiger partial charge >= 0.3 is 6.18 Å². The highest BCUT2D eigenvalue weighted by Crippen LogP contribution is 2.38. The van der Waals surface area contributed by atoms with E-state index in [1.165, 1.54) is 19.4 Å². The van der Waals surface area contributed by atoms with Crippen molar-refractivity contribution in [2.24, 2.45) is 5.73 Å². The number of nitrogens with zero attached hydrogens (tertiary/aromatic N) is 4. The number of carbonyl (C=O) groups is 1. The Bertz CT molecular complexity index is 983. The van der Waals surface area contributed by atoms with Gasteiger partial charge in [0.25, 0.3) is 5.91 Å². The van der Waals surface area contributed by atoms with Crippen molar-refractivity contribution >= 4 is 17.2 Å². The third kappa shape index (κ3) is 2.69. The second-order valence-electron chi connectivity index (χ2n) is 4.99. The first kappa shape index (κ1) is 16.5. The van der Waals surface area contributed by atoms with Gasteiger partial charge < -0.3 is 16.2 Å². The Kier molecular flexibility index (Phi) is 3.70. The largest absolute Gasteiger partial charge is 0.480 e. The van der Waals surface area contributed by atoms with Gasteiger partial charge in [0.1, 0.15) is 17.4 Å². The summed E-state index contributed by atoms with van der Waals surface area (Å²) in [4.78, 5) is 19.0. The monoisotopic (exact) mass is 352 g/mol. The summed E-state index contributed by atoms with van der Waals surface area (Å²) in [5.74, 6) is -1.20. The van der Waals surface area contributed by atoms with Gasteiger partial charge in [-0.25, -0.2) is 14.5 Å². The maximum atomic E-state index is 13.3. The Morgan fingerprint density at radius 3 is 2.60 bits per heavy atom. The van der Waals surface area contributed by atoms with Crippen LogP contribution in [-0.2, 0) is 6.18 Å². The third-order valence-corrected chi connectivity index (χ3v) is 3.49. The smallest absolute Gasteiger partial charge is 0.418 e. The van der Waals surface area contributed by atoms with Crippen molar-refractivity contribution in [3.8, 4) is 17.1 Å². The van der Waals surface area contributed by atoms with E-state index in [4.69, 9.17) is 16.2 Å². The van der Waals surface area contributed by atoms with Crippen LogP contribution < -0.4 is 16.2 Å². The van der Waals surface area contributed by atoms with Crippen LogP contribution in [0.4, 0.5) is 19.0 Å². The Balaban J connectivity index is 2.32. The van der Waals surface area contributed by atoms with E-state index in [1.807, 2.05) is 0 Å². The molecule has 0 spiro atoms. The summed E-state index contributed by atoms with van der Waals surface area (Å²) >= 11 is 0. The van der Waals surface area contributed by atoms with E-state index in [-0.39, 0.29) is 34.0 Å². The molecule has 8 nitrogen and oxygen atoms in total. The van der Waals surface area contributed by atoms with Crippen LogP contribution in [0.1, 0.15) is 15.9 Å². The Labute approximate surface area is 138 Å². The fourth-order valence-electron chi connectivity index (χ4n) is 2.42. The zero-order chi connectivity index (χ0) is 18.4. The Morgan fingerprint density at radius 1 is 1.28 bits per heavy atom. The summed E-state index contributed by atoms with van der Waals surface area (Å²) in [6.45, 7) is 0. The summed E-state index contributed by atoms with van der Waals surface area (Å²) in [5.41, 5.74) is 9.58. The second kappa shape index (κ2) is 5.61. The van der Waals surface area contributed by atoms with Crippen LogP contribution in [0, 0.1) is 0 Å². The van der Waals surface area contributed by atoms with Crippen LogP contribution in [0.2, 0.25) is 0 Å². The Hall–Kier alpha value is -3.37. The lowest BCUT2D eigenvalue weighted by molar-refractivity contribution is -0.136. The molecule has 0 unspecified atom stereocenters. The zero-order valence-electron chi connectivity index (χ0n) is 12.7. The van der Waals surface area contributed by atoms with Crippen LogP contribution in [0.25, 0.3) is 16.8 Å². The molecule has 0 aliphatic carbocycles. The molecule has 0 fully saturated rings. The fourth-order valence-corrected chi connectivity index (χ4v) is 2.42. The van der Waals surface area contributed by atoms with Gasteiger partial charge in [-0.15, -0.1) is 0 Å². The normalized spacial score (nSPS) is 11.7. The highest BCUT2D eigenvalue weighted by Gasteiger charge is 2.36. The number of halogens is 3. The van der Waals surface area contributed by atoms with E-state index in [0.717, 1.165) is 16.9 Å². The van der Waals surface area contributed by atoms with Gasteiger partial charge in [0, 0.05) is 11.8 Å². The quantitative estimate of drug-likeness (QED) is 0.737. The number of ether oxygens (including phenoxy) is 1. The van der Waals surface area contributed by atoms with E-state index < -0.39 is 17.6 Å². The van der Waals surface area contributed by atoms with Crippen molar-refractivity contribution in [2.45, 2.75) is 6.18 Å². The van der Waals surface area contributed by atoms with E-state index >= 15 is 0 Å². The predicted octanol–water partition coefficient (Wildman–Crippen LogP) is 1.50. The van der Waals surface area contributed by atoms with Crippen molar-refractivity contribution in [1.82, 2.24) is 19.6 Å². The number of amides is 1. The lowest BCUT2D eigenvalue weighted by atomic mass is 10.1. The van der Waals surface area contributed by atoms with E-state index in [0.29, 0.717) is 0 Å². The number of nitrogens with two attached hydrogens (primary N) is 2. The van der Waals surface area contributed by atoms with Gasteiger partial charge in [0.2, 0.25) is 5.88 Å². The standard InChI is InChI=1S/C14H11F3N6O2/c1-25-13-7(12(19)24)2-6(4-20-13)9-3-8(14(15,16)17)10-11(18)21-5-22-23(9)10/h2-5H,1H3,(H2,19,24)(H2,18,21,22). The molecule has 3 rings (SSSR count). The first-order valence-corrected chi connectivity index (χ1v) is 6.77. The molecule has 4 N–H and O–H groups in total. The van der Waals surface area contributed by atoms with Crippen LogP contribution >= 0.6 is 0 Å². The number of anilines is 1. The SMILES string of the molecule is COc1ncc(-c2cc(C(F)(F)F)c3c(N)ncnn23)cc1C(N)=O. The van der Waals surface area contributed by atoms with Gasteiger partial charge in [0.15, 0.2) is 5.82 Å². The maximum Gasteiger partial charge on any atom is 0.418 e. The third-order valence-electron chi connectivity index (χ3n) is 3.49. The first-order chi connectivity index (χ1) is 11.7. The number of pyridine rings is 1. The van der Waals surface area contributed by atoms with E-state index in [1.54, 1.807) is 0 Å². The average Bonchev–Trinajstić information content (AvgIpc) is 2.95. The van der Waals surface area contributed by atoms with Gasteiger partial charge in [-0.3, -0.25) is 4.79 Å². The summed E-state index contributed by atoms with van der Waals surface area (Å²) in [6, 6.07) is 2.13. The number of nitrogen functional groups attached to an aromatic ring is 1. The van der Waals surface area contributed by atoms with Crippen molar-refractivity contribution in [3.05, 3.63) is 35.8 Å². The second-order valence-corrected chi connectivity index (χ2v) is 4.99. The van der Waals surface area contributed by atoms with Crippen LogP contribution in [0.15, 0.2) is 24.7 Å². The number of primary amides is 1. The number of hydrogen-bond donors (Lipinski definition) is 2. The zero-order valence-corrected chi connectivity index (χ0v) is 12.7. The number of carbonyl (C=O) groups excluding carboxylic acids is 1. The molecule has 130 valence electrons. The topological polar surface area (TPSA) is 121 Å². The molecule has 0 aliphatic heterocycles. The summed E-state index contributed by atoms with van der Waals surface area (Å²) in [6.07, 6.45) is -2.40. The molecular formula is C14H11F3N6O2. The van der Waals surface area contributed by atoms with Crippen molar-refractivity contribution in [1.29, 1.82) is 0 Å². The van der Waals surface area contributed by atoms with Gasteiger partial charge in [-0.2, -0.15) is 18.3 Å². The predicted molar refractivity (Wildman–Crippen MR) is 80.7 cm³/mol. The lowest BCUT2D eigenvalue weighted by Gasteiger charge is -2.07. The molecule has 3 aromatic heterocycles. The van der Waals surface area contributed by atoms with Crippen molar-refractivity contribution in [3.63, 3.8) is 0 Å². The van der Waals surface area contributed by atoms with E-state index in [9.17, 15) is 18.0 Å².